The molecule has 5 heteroatoms. The van der Waals surface area contributed by atoms with Gasteiger partial charge in [0.1, 0.15) is 0 Å². The quantitative estimate of drug-likeness (QED) is 0.714. The molecule has 1 atom stereocenters. The van der Waals surface area contributed by atoms with Gasteiger partial charge in [0.05, 0.1) is 11.6 Å². The first-order valence-corrected chi connectivity index (χ1v) is 11.1. The fraction of sp³-hybridized carbons (Fsp3) is 0.385. The van der Waals surface area contributed by atoms with E-state index in [1.54, 1.807) is 4.90 Å². The second kappa shape index (κ2) is 8.96. The molecule has 0 saturated heterocycles. The largest absolute Gasteiger partial charge is 0.503 e. The summed E-state index contributed by atoms with van der Waals surface area (Å²) in [6.45, 7) is 0. The topological polar surface area (TPSA) is 60.9 Å². The lowest BCUT2D eigenvalue weighted by atomic mass is 9.92. The van der Waals surface area contributed by atoms with Crippen molar-refractivity contribution in [2.24, 2.45) is 0 Å². The highest BCUT2D eigenvalue weighted by Gasteiger charge is 2.46. The van der Waals surface area contributed by atoms with Crippen LogP contribution in [0, 0.1) is 0 Å². The van der Waals surface area contributed by atoms with E-state index in [1.807, 2.05) is 73.6 Å². The molecule has 1 N–H and O–H groups in total. The van der Waals surface area contributed by atoms with Crippen molar-refractivity contribution >= 4 is 17.4 Å². The van der Waals surface area contributed by atoms with Gasteiger partial charge in [0.25, 0.3) is 5.91 Å². The summed E-state index contributed by atoms with van der Waals surface area (Å²) in [5.74, 6) is -0.930. The van der Waals surface area contributed by atoms with Crippen LogP contribution < -0.4 is 4.90 Å². The number of aryl methyl sites for hydroxylation is 1. The average molecular weight is 419 g/mol. The summed E-state index contributed by atoms with van der Waals surface area (Å²) in [5.41, 5.74) is 3.24. The van der Waals surface area contributed by atoms with Crippen LogP contribution in [0.25, 0.3) is 0 Å². The van der Waals surface area contributed by atoms with Gasteiger partial charge in [-0.1, -0.05) is 55.3 Å². The summed E-state index contributed by atoms with van der Waals surface area (Å²) in [4.78, 5) is 30.2. The molecule has 0 bridgehead atoms. The van der Waals surface area contributed by atoms with Crippen molar-refractivity contribution in [3.63, 3.8) is 0 Å². The van der Waals surface area contributed by atoms with E-state index >= 15 is 0 Å². The summed E-state index contributed by atoms with van der Waals surface area (Å²) in [6.07, 6.45) is 4.81. The van der Waals surface area contributed by atoms with Crippen LogP contribution in [0.1, 0.15) is 49.3 Å². The van der Waals surface area contributed by atoms with Gasteiger partial charge in [-0.25, -0.2) is 0 Å². The van der Waals surface area contributed by atoms with E-state index in [4.69, 9.17) is 0 Å². The van der Waals surface area contributed by atoms with Crippen molar-refractivity contribution in [1.82, 2.24) is 4.90 Å². The number of carbonyl (C=O) groups excluding carboxylic acids is 2. The number of benzene rings is 2. The highest BCUT2D eigenvalue weighted by molar-refractivity contribution is 6.09. The smallest absolute Gasteiger partial charge is 0.290 e. The van der Waals surface area contributed by atoms with Crippen LogP contribution in [-0.2, 0) is 16.0 Å². The van der Waals surface area contributed by atoms with Gasteiger partial charge in [-0.05, 0) is 42.5 Å². The van der Waals surface area contributed by atoms with Gasteiger partial charge in [-0.2, -0.15) is 0 Å². The van der Waals surface area contributed by atoms with Crippen LogP contribution in [0.5, 0.6) is 0 Å². The number of aliphatic hydroxyl groups is 1. The zero-order valence-electron chi connectivity index (χ0n) is 18.3. The van der Waals surface area contributed by atoms with E-state index in [0.717, 1.165) is 42.5 Å². The van der Waals surface area contributed by atoms with E-state index < -0.39 is 11.9 Å². The number of hydrogen-bond donors (Lipinski definition) is 1. The van der Waals surface area contributed by atoms with Crippen molar-refractivity contribution in [2.45, 2.75) is 50.6 Å². The molecule has 1 aliphatic carbocycles. The summed E-state index contributed by atoms with van der Waals surface area (Å²) >= 11 is 0. The van der Waals surface area contributed by atoms with Crippen LogP contribution in [0.4, 0.5) is 5.69 Å². The molecule has 2 aromatic carbocycles. The summed E-state index contributed by atoms with van der Waals surface area (Å²) in [5, 5.41) is 10.8. The molecule has 2 aliphatic rings. The van der Waals surface area contributed by atoms with E-state index in [-0.39, 0.29) is 29.6 Å². The van der Waals surface area contributed by atoms with Gasteiger partial charge in [-0.3, -0.25) is 9.59 Å². The molecule has 0 radical (unpaired) electrons. The van der Waals surface area contributed by atoms with E-state index in [0.29, 0.717) is 6.42 Å². The number of Topliss-reactive ketones (excluding diaryl/α,β-unsaturated/α-hetero) is 1. The maximum atomic E-state index is 13.3. The fourth-order valence-electron chi connectivity index (χ4n) is 4.79. The van der Waals surface area contributed by atoms with Crippen LogP contribution in [0.15, 0.2) is 65.9 Å². The second-order valence-corrected chi connectivity index (χ2v) is 8.71. The molecule has 1 fully saturated rings. The van der Waals surface area contributed by atoms with E-state index in [1.165, 1.54) is 0 Å². The Hall–Kier alpha value is -3.08. The van der Waals surface area contributed by atoms with Crippen molar-refractivity contribution in [2.75, 3.05) is 19.0 Å². The number of amides is 1. The van der Waals surface area contributed by atoms with Crippen LogP contribution in [0.3, 0.4) is 0 Å². The van der Waals surface area contributed by atoms with Crippen LogP contribution in [-0.4, -0.2) is 41.8 Å². The minimum Gasteiger partial charge on any atom is -0.503 e. The molecule has 31 heavy (non-hydrogen) atoms. The second-order valence-electron chi connectivity index (χ2n) is 8.71. The standard InChI is InChI=1S/C26H30N2O3/c1-27(2)20-15-13-19(14-16-20)24-23(22(29)17-12-18-8-4-3-5-9-18)25(30)26(31)28(24)21-10-6-7-11-21/h3-5,8-9,13-16,21,24,30H,6-7,10-12,17H2,1-2H3. The van der Waals surface area contributed by atoms with Gasteiger partial charge in [0.15, 0.2) is 11.5 Å². The van der Waals surface area contributed by atoms with Crippen molar-refractivity contribution in [1.29, 1.82) is 0 Å². The lowest BCUT2D eigenvalue weighted by Crippen LogP contribution is -2.38. The third-order valence-corrected chi connectivity index (χ3v) is 6.47. The molecule has 1 amide bonds. The van der Waals surface area contributed by atoms with Gasteiger partial charge < -0.3 is 14.9 Å². The highest BCUT2D eigenvalue weighted by Crippen LogP contribution is 2.43. The molecule has 1 saturated carbocycles. The maximum Gasteiger partial charge on any atom is 0.290 e. The van der Waals surface area contributed by atoms with Crippen LogP contribution >= 0.6 is 0 Å². The Balaban J connectivity index is 1.66. The predicted octanol–water partition coefficient (Wildman–Crippen LogP) is 4.59. The normalized spacial score (nSPS) is 19.4. The first kappa shape index (κ1) is 21.2. The zero-order chi connectivity index (χ0) is 22.0. The predicted molar refractivity (Wildman–Crippen MR) is 122 cm³/mol. The van der Waals surface area contributed by atoms with Gasteiger partial charge in [0, 0.05) is 32.2 Å². The summed E-state index contributed by atoms with van der Waals surface area (Å²) in [6, 6.07) is 17.3. The Bertz CT molecular complexity index is 973. The van der Waals surface area contributed by atoms with Crippen molar-refractivity contribution < 1.29 is 14.7 Å². The fourth-order valence-corrected chi connectivity index (χ4v) is 4.79. The molecule has 0 spiro atoms. The number of aliphatic hydroxyl groups excluding tert-OH is 1. The maximum absolute atomic E-state index is 13.3. The molecule has 1 heterocycles. The lowest BCUT2D eigenvalue weighted by molar-refractivity contribution is -0.131. The zero-order valence-corrected chi connectivity index (χ0v) is 18.3. The number of rotatable bonds is 7. The Morgan fingerprint density at radius 1 is 1.03 bits per heavy atom. The molecular weight excluding hydrogens is 388 g/mol. The van der Waals surface area contributed by atoms with Crippen molar-refractivity contribution in [3.05, 3.63) is 77.1 Å². The molecule has 0 aromatic heterocycles. The van der Waals surface area contributed by atoms with Gasteiger partial charge in [0.2, 0.25) is 0 Å². The first-order valence-electron chi connectivity index (χ1n) is 11.1. The lowest BCUT2D eigenvalue weighted by Gasteiger charge is -2.32. The molecular formula is C26H30N2O3. The average Bonchev–Trinajstić information content (AvgIpc) is 3.40. The Labute approximate surface area is 184 Å². The monoisotopic (exact) mass is 418 g/mol. The third-order valence-electron chi connectivity index (χ3n) is 6.47. The Morgan fingerprint density at radius 3 is 2.29 bits per heavy atom. The number of nitrogens with zero attached hydrogens (tertiary/aromatic N) is 2. The molecule has 1 unspecified atom stereocenters. The third kappa shape index (κ3) is 4.22. The Morgan fingerprint density at radius 2 is 1.68 bits per heavy atom. The first-order chi connectivity index (χ1) is 15.0. The minimum absolute atomic E-state index is 0.0626. The SMILES string of the molecule is CN(C)c1ccc(C2C(C(=O)CCc3ccccc3)=C(O)C(=O)N2C2CCCC2)cc1. The summed E-state index contributed by atoms with van der Waals surface area (Å²) < 4.78 is 0. The van der Waals surface area contributed by atoms with E-state index in [9.17, 15) is 14.7 Å². The van der Waals surface area contributed by atoms with E-state index in [2.05, 4.69) is 0 Å². The summed E-state index contributed by atoms with van der Waals surface area (Å²) in [7, 11) is 3.95. The highest BCUT2D eigenvalue weighted by atomic mass is 16.3. The molecule has 1 aliphatic heterocycles. The van der Waals surface area contributed by atoms with Crippen LogP contribution in [0.2, 0.25) is 0 Å². The van der Waals surface area contributed by atoms with Gasteiger partial charge in [-0.15, -0.1) is 0 Å². The van der Waals surface area contributed by atoms with Gasteiger partial charge >= 0.3 is 0 Å². The number of ketones is 1. The molecule has 162 valence electrons. The molecule has 5 nitrogen and oxygen atoms in total. The number of anilines is 1. The number of hydrogen-bond acceptors (Lipinski definition) is 4. The Kier molecular flexibility index (Phi) is 6.12. The minimum atomic E-state index is -0.518. The van der Waals surface area contributed by atoms with Crippen molar-refractivity contribution in [3.8, 4) is 0 Å². The molecule has 4 rings (SSSR count). The molecule has 2 aromatic rings. The number of carbonyl (C=O) groups is 2.